The van der Waals surface area contributed by atoms with E-state index < -0.39 is 0 Å². The third-order valence-electron chi connectivity index (χ3n) is 3.51. The second kappa shape index (κ2) is 6.21. The molecule has 0 heterocycles. The summed E-state index contributed by atoms with van der Waals surface area (Å²) >= 11 is 0. The van der Waals surface area contributed by atoms with Crippen molar-refractivity contribution in [1.82, 2.24) is 0 Å². The monoisotopic (exact) mass is 196 g/mol. The minimum atomic E-state index is 0.495. The van der Waals surface area contributed by atoms with Gasteiger partial charge in [0.2, 0.25) is 0 Å². The Morgan fingerprint density at radius 3 is 2.57 bits per heavy atom. The predicted octanol–water partition coefficient (Wildman–Crippen LogP) is 3.96. The molecule has 1 heteroatoms. The Kier molecular flexibility index (Phi) is 5.21. The first-order valence-corrected chi connectivity index (χ1v) is 6.27. The van der Waals surface area contributed by atoms with Gasteiger partial charge in [0.25, 0.3) is 0 Å². The van der Waals surface area contributed by atoms with Crippen molar-refractivity contribution in [2.24, 2.45) is 11.8 Å². The molecule has 0 saturated heterocycles. The van der Waals surface area contributed by atoms with E-state index in [0.29, 0.717) is 11.7 Å². The molecule has 0 aromatic heterocycles. The second-order valence-corrected chi connectivity index (χ2v) is 4.80. The summed E-state index contributed by atoms with van der Waals surface area (Å²) in [5, 5.41) is 0. The first kappa shape index (κ1) is 11.7. The summed E-state index contributed by atoms with van der Waals surface area (Å²) in [4.78, 5) is 11.5. The van der Waals surface area contributed by atoms with E-state index in [2.05, 4.69) is 13.8 Å². The second-order valence-electron chi connectivity index (χ2n) is 4.80. The molecule has 0 aromatic carbocycles. The minimum Gasteiger partial charge on any atom is -0.300 e. The van der Waals surface area contributed by atoms with Crippen molar-refractivity contribution in [3.05, 3.63) is 0 Å². The lowest BCUT2D eigenvalue weighted by Gasteiger charge is -2.27. The zero-order valence-electron chi connectivity index (χ0n) is 9.72. The van der Waals surface area contributed by atoms with Crippen molar-refractivity contribution < 1.29 is 4.79 Å². The van der Waals surface area contributed by atoms with Crippen molar-refractivity contribution in [3.8, 4) is 0 Å². The Labute approximate surface area is 88.3 Å². The van der Waals surface area contributed by atoms with E-state index in [1.54, 1.807) is 0 Å². The molecule has 82 valence electrons. The third-order valence-corrected chi connectivity index (χ3v) is 3.51. The molecule has 0 bridgehead atoms. The number of carbonyl (C=O) groups is 1. The Morgan fingerprint density at radius 1 is 1.21 bits per heavy atom. The molecule has 0 spiro atoms. The fraction of sp³-hybridized carbons (Fsp3) is 0.923. The van der Waals surface area contributed by atoms with Crippen LogP contribution in [0.4, 0.5) is 0 Å². The van der Waals surface area contributed by atoms with Gasteiger partial charge in [-0.05, 0) is 24.7 Å². The summed E-state index contributed by atoms with van der Waals surface area (Å²) < 4.78 is 0. The number of carbonyl (C=O) groups excluding carboxylic acids is 1. The van der Waals surface area contributed by atoms with E-state index in [1.807, 2.05) is 0 Å². The third kappa shape index (κ3) is 3.81. The van der Waals surface area contributed by atoms with Crippen LogP contribution in [0.25, 0.3) is 0 Å². The molecule has 2 unspecified atom stereocenters. The van der Waals surface area contributed by atoms with Crippen LogP contribution in [0.5, 0.6) is 0 Å². The summed E-state index contributed by atoms with van der Waals surface area (Å²) in [6.07, 6.45) is 9.34. The molecule has 1 aliphatic rings. The van der Waals surface area contributed by atoms with Gasteiger partial charge in [0.05, 0.1) is 0 Å². The highest BCUT2D eigenvalue weighted by molar-refractivity contribution is 5.78. The van der Waals surface area contributed by atoms with Gasteiger partial charge in [0, 0.05) is 12.8 Å². The van der Waals surface area contributed by atoms with E-state index in [0.717, 1.165) is 25.2 Å². The normalized spacial score (nSPS) is 27.6. The van der Waals surface area contributed by atoms with Gasteiger partial charge in [-0.2, -0.15) is 0 Å². The Morgan fingerprint density at radius 2 is 1.93 bits per heavy atom. The minimum absolute atomic E-state index is 0.495. The van der Waals surface area contributed by atoms with Crippen LogP contribution in [0.3, 0.4) is 0 Å². The maximum Gasteiger partial charge on any atom is 0.133 e. The highest BCUT2D eigenvalue weighted by atomic mass is 16.1. The lowest BCUT2D eigenvalue weighted by Crippen LogP contribution is -2.17. The van der Waals surface area contributed by atoms with E-state index in [4.69, 9.17) is 0 Å². The van der Waals surface area contributed by atoms with Gasteiger partial charge < -0.3 is 0 Å². The molecular weight excluding hydrogens is 172 g/mol. The van der Waals surface area contributed by atoms with Gasteiger partial charge in [-0.1, -0.05) is 39.5 Å². The van der Waals surface area contributed by atoms with E-state index in [-0.39, 0.29) is 0 Å². The molecule has 0 amide bonds. The van der Waals surface area contributed by atoms with Crippen molar-refractivity contribution in [2.75, 3.05) is 0 Å². The number of rotatable bonds is 5. The van der Waals surface area contributed by atoms with Gasteiger partial charge >= 0.3 is 0 Å². The zero-order chi connectivity index (χ0) is 10.4. The summed E-state index contributed by atoms with van der Waals surface area (Å²) in [5.74, 6) is 2.12. The number of hydrogen-bond donors (Lipinski definition) is 0. The van der Waals surface area contributed by atoms with Crippen LogP contribution in [0.2, 0.25) is 0 Å². The molecular formula is C13H24O. The van der Waals surface area contributed by atoms with Gasteiger partial charge in [0.15, 0.2) is 0 Å². The standard InChI is InChI=1S/C13H24O/c1-3-6-13(14)10-12-8-5-7-11(4-2)9-12/h11-12H,3-10H2,1-2H3. The first-order chi connectivity index (χ1) is 6.76. The lowest BCUT2D eigenvalue weighted by atomic mass is 9.78. The lowest BCUT2D eigenvalue weighted by molar-refractivity contribution is -0.120. The largest absolute Gasteiger partial charge is 0.300 e. The van der Waals surface area contributed by atoms with Crippen LogP contribution in [-0.2, 0) is 4.79 Å². The molecule has 1 nitrogen and oxygen atoms in total. The van der Waals surface area contributed by atoms with Crippen LogP contribution in [0.1, 0.15) is 65.2 Å². The molecule has 1 saturated carbocycles. The van der Waals surface area contributed by atoms with Crippen LogP contribution in [-0.4, -0.2) is 5.78 Å². The first-order valence-electron chi connectivity index (χ1n) is 6.27. The maximum atomic E-state index is 11.5. The maximum absolute atomic E-state index is 11.5. The average Bonchev–Trinajstić information content (AvgIpc) is 2.18. The molecule has 1 fully saturated rings. The van der Waals surface area contributed by atoms with Crippen molar-refractivity contribution in [3.63, 3.8) is 0 Å². The topological polar surface area (TPSA) is 17.1 Å². The van der Waals surface area contributed by atoms with E-state index in [1.165, 1.54) is 32.1 Å². The smallest absolute Gasteiger partial charge is 0.133 e. The van der Waals surface area contributed by atoms with Crippen molar-refractivity contribution in [2.45, 2.75) is 65.2 Å². The quantitative estimate of drug-likeness (QED) is 0.650. The van der Waals surface area contributed by atoms with Crippen molar-refractivity contribution in [1.29, 1.82) is 0 Å². The molecule has 1 aliphatic carbocycles. The van der Waals surface area contributed by atoms with Crippen LogP contribution < -0.4 is 0 Å². The van der Waals surface area contributed by atoms with Gasteiger partial charge in [0.1, 0.15) is 5.78 Å². The molecule has 0 N–H and O–H groups in total. The molecule has 0 aromatic rings. The SMILES string of the molecule is CCCC(=O)CC1CCCC(CC)C1. The predicted molar refractivity (Wildman–Crippen MR) is 60.3 cm³/mol. The summed E-state index contributed by atoms with van der Waals surface area (Å²) in [6.45, 7) is 4.37. The Balaban J connectivity index is 2.26. The number of ketones is 1. The van der Waals surface area contributed by atoms with Gasteiger partial charge in [-0.25, -0.2) is 0 Å². The highest BCUT2D eigenvalue weighted by Crippen LogP contribution is 2.33. The number of Topliss-reactive ketones (excluding diaryl/α,β-unsaturated/α-hetero) is 1. The van der Waals surface area contributed by atoms with Crippen LogP contribution in [0.15, 0.2) is 0 Å². The fourth-order valence-electron chi connectivity index (χ4n) is 2.66. The van der Waals surface area contributed by atoms with Gasteiger partial charge in [-0.15, -0.1) is 0 Å². The highest BCUT2D eigenvalue weighted by Gasteiger charge is 2.22. The van der Waals surface area contributed by atoms with Crippen molar-refractivity contribution >= 4 is 5.78 Å². The average molecular weight is 196 g/mol. The summed E-state index contributed by atoms with van der Waals surface area (Å²) in [7, 11) is 0. The molecule has 2 atom stereocenters. The van der Waals surface area contributed by atoms with Crippen LogP contribution in [0, 0.1) is 11.8 Å². The fourth-order valence-corrected chi connectivity index (χ4v) is 2.66. The zero-order valence-corrected chi connectivity index (χ0v) is 9.72. The molecule has 1 rings (SSSR count). The van der Waals surface area contributed by atoms with Crippen LogP contribution >= 0.6 is 0 Å². The molecule has 0 radical (unpaired) electrons. The summed E-state index contributed by atoms with van der Waals surface area (Å²) in [5.41, 5.74) is 0. The summed E-state index contributed by atoms with van der Waals surface area (Å²) in [6, 6.07) is 0. The van der Waals surface area contributed by atoms with E-state index in [9.17, 15) is 4.79 Å². The van der Waals surface area contributed by atoms with Gasteiger partial charge in [-0.3, -0.25) is 4.79 Å². The Bertz CT molecular complexity index is 174. The number of hydrogen-bond acceptors (Lipinski definition) is 1. The molecule has 0 aliphatic heterocycles. The Hall–Kier alpha value is -0.330. The van der Waals surface area contributed by atoms with E-state index >= 15 is 0 Å². The molecule has 14 heavy (non-hydrogen) atoms.